The molecule has 2 rings (SSSR count). The number of rotatable bonds is 7. The Morgan fingerprint density at radius 1 is 0.667 bits per heavy atom. The molecular weight excluding hydrogens is 436 g/mol. The normalized spacial score (nSPS) is 10.2. The second-order valence-electron chi connectivity index (χ2n) is 5.04. The monoisotopic (exact) mass is 452 g/mol. The maximum absolute atomic E-state index is 11.9. The Morgan fingerprint density at radius 3 is 1.29 bits per heavy atom. The summed E-state index contributed by atoms with van der Waals surface area (Å²) < 4.78 is 0. The molecule has 2 aromatic carbocycles. The van der Waals surface area contributed by atoms with Crippen LogP contribution in [0.25, 0.3) is 11.1 Å². The topological polar surface area (TPSA) is 58.2 Å². The van der Waals surface area contributed by atoms with Gasteiger partial charge in [0.15, 0.2) is 0 Å². The maximum Gasteiger partial charge on any atom is 0.251 e. The molecule has 0 heterocycles. The van der Waals surface area contributed by atoms with E-state index < -0.39 is 0 Å². The first-order valence-corrected chi connectivity index (χ1v) is 9.79. The van der Waals surface area contributed by atoms with Gasteiger partial charge in [-0.3, -0.25) is 9.59 Å². The third-order valence-electron chi connectivity index (χ3n) is 3.39. The summed E-state index contributed by atoms with van der Waals surface area (Å²) in [6.07, 6.45) is 0. The summed E-state index contributed by atoms with van der Waals surface area (Å²) in [6.45, 7) is 1.19. The van der Waals surface area contributed by atoms with Gasteiger partial charge < -0.3 is 10.6 Å². The van der Waals surface area contributed by atoms with Crippen LogP contribution in [0.2, 0.25) is 0 Å². The second-order valence-corrected chi connectivity index (χ2v) is 6.63. The van der Waals surface area contributed by atoms with Gasteiger partial charge >= 0.3 is 0 Å². The Morgan fingerprint density at radius 2 is 1.00 bits per heavy atom. The molecule has 0 aliphatic carbocycles. The largest absolute Gasteiger partial charge is 0.351 e. The molecule has 2 N–H and O–H groups in total. The molecule has 0 aromatic heterocycles. The fourth-order valence-corrected chi connectivity index (χ4v) is 2.55. The van der Waals surface area contributed by atoms with E-state index in [1.165, 1.54) is 0 Å². The van der Waals surface area contributed by atoms with Crippen LogP contribution in [0.4, 0.5) is 0 Å². The number of nitrogens with one attached hydrogen (secondary N) is 2. The lowest BCUT2D eigenvalue weighted by Crippen LogP contribution is -2.25. The Bertz CT molecular complexity index is 624. The second kappa shape index (κ2) is 9.59. The number of amides is 2. The van der Waals surface area contributed by atoms with Crippen molar-refractivity contribution in [3.63, 3.8) is 0 Å². The van der Waals surface area contributed by atoms with E-state index >= 15 is 0 Å². The molecule has 6 heteroatoms. The van der Waals surface area contributed by atoms with Crippen LogP contribution in [0.5, 0.6) is 0 Å². The van der Waals surface area contributed by atoms with Crippen LogP contribution in [0.3, 0.4) is 0 Å². The molecule has 4 nitrogen and oxygen atoms in total. The zero-order valence-electron chi connectivity index (χ0n) is 13.0. The van der Waals surface area contributed by atoms with Crippen LogP contribution in [0.15, 0.2) is 48.5 Å². The summed E-state index contributed by atoms with van der Waals surface area (Å²) in [7, 11) is 0. The number of alkyl halides is 2. The molecule has 0 spiro atoms. The first-order valence-electron chi connectivity index (χ1n) is 7.54. The highest BCUT2D eigenvalue weighted by Gasteiger charge is 2.07. The van der Waals surface area contributed by atoms with E-state index in [0.717, 1.165) is 21.8 Å². The number of carbonyl (C=O) groups excluding carboxylic acids is 2. The van der Waals surface area contributed by atoms with E-state index in [9.17, 15) is 9.59 Å². The quantitative estimate of drug-likeness (QED) is 0.629. The number of hydrogen-bond acceptors (Lipinski definition) is 2. The Labute approximate surface area is 158 Å². The first-order chi connectivity index (χ1) is 11.7. The minimum atomic E-state index is -0.0835. The van der Waals surface area contributed by atoms with Crippen molar-refractivity contribution in [1.29, 1.82) is 0 Å². The Hall–Kier alpha value is -1.66. The fraction of sp³-hybridized carbons (Fsp3) is 0.222. The van der Waals surface area contributed by atoms with E-state index in [1.807, 2.05) is 24.3 Å². The summed E-state index contributed by atoms with van der Waals surface area (Å²) in [5.41, 5.74) is 3.26. The van der Waals surface area contributed by atoms with Crippen molar-refractivity contribution in [2.75, 3.05) is 23.7 Å². The van der Waals surface area contributed by atoms with Crippen molar-refractivity contribution in [3.05, 3.63) is 59.7 Å². The zero-order valence-corrected chi connectivity index (χ0v) is 16.2. The number of hydrogen-bond donors (Lipinski definition) is 2. The summed E-state index contributed by atoms with van der Waals surface area (Å²) in [5, 5.41) is 7.08. The van der Waals surface area contributed by atoms with Gasteiger partial charge in [-0.05, 0) is 35.4 Å². The standard InChI is InChI=1S/C18H18Br2N2O2/c19-9-11-21-17(23)15-5-1-13(2-6-15)14-3-7-16(8-4-14)18(24)22-12-10-20/h1-8H,9-12H2,(H,21,23)(H,22,24). The lowest BCUT2D eigenvalue weighted by molar-refractivity contribution is 0.0948. The van der Waals surface area contributed by atoms with E-state index in [-0.39, 0.29) is 11.8 Å². The SMILES string of the molecule is O=C(NCCBr)c1ccc(-c2ccc(C(=O)NCCBr)cc2)cc1. The van der Waals surface area contributed by atoms with Gasteiger partial charge in [0.25, 0.3) is 11.8 Å². The van der Waals surface area contributed by atoms with Gasteiger partial charge in [0.1, 0.15) is 0 Å². The Balaban J connectivity index is 2.06. The van der Waals surface area contributed by atoms with Gasteiger partial charge in [-0.15, -0.1) is 0 Å². The average Bonchev–Trinajstić information content (AvgIpc) is 2.64. The van der Waals surface area contributed by atoms with E-state index in [2.05, 4.69) is 42.5 Å². The lowest BCUT2D eigenvalue weighted by atomic mass is 10.0. The van der Waals surface area contributed by atoms with Gasteiger partial charge in [-0.2, -0.15) is 0 Å². The molecule has 2 amide bonds. The van der Waals surface area contributed by atoms with Gasteiger partial charge in [0.2, 0.25) is 0 Å². The number of halogens is 2. The zero-order chi connectivity index (χ0) is 17.4. The van der Waals surface area contributed by atoms with Crippen molar-refractivity contribution >= 4 is 43.7 Å². The van der Waals surface area contributed by atoms with E-state index in [1.54, 1.807) is 24.3 Å². The smallest absolute Gasteiger partial charge is 0.251 e. The highest BCUT2D eigenvalue weighted by atomic mass is 79.9. The molecule has 0 radical (unpaired) electrons. The van der Waals surface area contributed by atoms with Crippen LogP contribution in [0.1, 0.15) is 20.7 Å². The van der Waals surface area contributed by atoms with Gasteiger partial charge in [0, 0.05) is 34.9 Å². The average molecular weight is 454 g/mol. The van der Waals surface area contributed by atoms with Gasteiger partial charge in [0.05, 0.1) is 0 Å². The van der Waals surface area contributed by atoms with Crippen molar-refractivity contribution in [1.82, 2.24) is 10.6 Å². The first kappa shape index (κ1) is 18.7. The summed E-state index contributed by atoms with van der Waals surface area (Å²) in [5.74, 6) is -0.167. The molecule has 0 saturated carbocycles. The minimum Gasteiger partial charge on any atom is -0.351 e. The van der Waals surface area contributed by atoms with Crippen LogP contribution < -0.4 is 10.6 Å². The number of benzene rings is 2. The van der Waals surface area contributed by atoms with E-state index in [4.69, 9.17) is 0 Å². The molecule has 0 aliphatic rings. The summed E-state index contributed by atoms with van der Waals surface area (Å²) in [6, 6.07) is 14.8. The van der Waals surface area contributed by atoms with Crippen molar-refractivity contribution in [2.24, 2.45) is 0 Å². The van der Waals surface area contributed by atoms with Crippen molar-refractivity contribution < 1.29 is 9.59 Å². The molecule has 2 aromatic rings. The van der Waals surface area contributed by atoms with Crippen LogP contribution >= 0.6 is 31.9 Å². The highest BCUT2D eigenvalue weighted by Crippen LogP contribution is 2.20. The highest BCUT2D eigenvalue weighted by molar-refractivity contribution is 9.09. The van der Waals surface area contributed by atoms with Crippen LogP contribution in [0, 0.1) is 0 Å². The molecule has 24 heavy (non-hydrogen) atoms. The predicted octanol–water partition coefficient (Wildman–Crippen LogP) is 3.60. The molecular formula is C18H18Br2N2O2. The van der Waals surface area contributed by atoms with Crippen LogP contribution in [-0.4, -0.2) is 35.6 Å². The Kier molecular flexibility index (Phi) is 7.46. The maximum atomic E-state index is 11.9. The third-order valence-corrected chi connectivity index (χ3v) is 4.18. The van der Waals surface area contributed by atoms with Gasteiger partial charge in [-0.1, -0.05) is 56.1 Å². The fourth-order valence-electron chi connectivity index (χ4n) is 2.15. The lowest BCUT2D eigenvalue weighted by Gasteiger charge is -2.07. The van der Waals surface area contributed by atoms with E-state index in [0.29, 0.717) is 24.2 Å². The molecule has 0 unspecified atom stereocenters. The molecule has 0 saturated heterocycles. The molecule has 0 bridgehead atoms. The predicted molar refractivity (Wildman–Crippen MR) is 104 cm³/mol. The minimum absolute atomic E-state index is 0.0835. The van der Waals surface area contributed by atoms with Crippen LogP contribution in [-0.2, 0) is 0 Å². The van der Waals surface area contributed by atoms with Crippen molar-refractivity contribution in [3.8, 4) is 11.1 Å². The molecule has 0 aliphatic heterocycles. The summed E-state index contributed by atoms with van der Waals surface area (Å²) >= 11 is 6.55. The van der Waals surface area contributed by atoms with Crippen molar-refractivity contribution in [2.45, 2.75) is 0 Å². The summed E-state index contributed by atoms with van der Waals surface area (Å²) in [4.78, 5) is 23.8. The number of carbonyl (C=O) groups is 2. The van der Waals surface area contributed by atoms with Gasteiger partial charge in [-0.25, -0.2) is 0 Å². The third kappa shape index (κ3) is 5.18. The molecule has 126 valence electrons. The molecule has 0 atom stereocenters. The molecule has 0 fully saturated rings.